The first-order valence-electron chi connectivity index (χ1n) is 8.98. The van der Waals surface area contributed by atoms with Gasteiger partial charge in [-0.1, -0.05) is 11.3 Å². The van der Waals surface area contributed by atoms with Gasteiger partial charge in [0.15, 0.2) is 17.2 Å². The molecular formula is C19H25N5O6. The highest BCUT2D eigenvalue weighted by Crippen LogP contribution is 2.31. The largest absolute Gasteiger partial charge is 0.493 e. The van der Waals surface area contributed by atoms with Crippen molar-refractivity contribution in [3.63, 3.8) is 0 Å². The fourth-order valence-corrected chi connectivity index (χ4v) is 2.56. The summed E-state index contributed by atoms with van der Waals surface area (Å²) in [5.74, 6) is -0.288. The Balaban J connectivity index is 2.22. The number of aromatic nitrogens is 3. The number of hydrogen-bond donors (Lipinski definition) is 1. The molecule has 0 bridgehead atoms. The molecule has 0 aliphatic heterocycles. The van der Waals surface area contributed by atoms with E-state index in [1.54, 1.807) is 32.3 Å². The van der Waals surface area contributed by atoms with E-state index < -0.39 is 17.9 Å². The molecule has 11 heteroatoms. The van der Waals surface area contributed by atoms with Crippen LogP contribution in [0.15, 0.2) is 24.4 Å². The first-order chi connectivity index (χ1) is 14.3. The predicted molar refractivity (Wildman–Crippen MR) is 105 cm³/mol. The van der Waals surface area contributed by atoms with Crippen molar-refractivity contribution in [2.24, 2.45) is 0 Å². The summed E-state index contributed by atoms with van der Waals surface area (Å²) in [7, 11) is 7.50. The van der Waals surface area contributed by atoms with Crippen LogP contribution in [0.5, 0.6) is 11.5 Å². The lowest BCUT2D eigenvalue weighted by molar-refractivity contribution is -0.141. The van der Waals surface area contributed by atoms with Gasteiger partial charge < -0.3 is 24.4 Å². The van der Waals surface area contributed by atoms with Crippen LogP contribution in [-0.4, -0.2) is 73.1 Å². The average molecular weight is 419 g/mol. The first kappa shape index (κ1) is 22.7. The minimum absolute atomic E-state index is 0.0110. The number of methoxy groups -OCH3 is 3. The van der Waals surface area contributed by atoms with Crippen molar-refractivity contribution in [3.05, 3.63) is 35.7 Å². The van der Waals surface area contributed by atoms with E-state index in [1.165, 1.54) is 37.1 Å². The maximum atomic E-state index is 12.7. The fraction of sp³-hybridized carbons (Fsp3) is 0.421. The van der Waals surface area contributed by atoms with Crippen molar-refractivity contribution in [2.75, 3.05) is 35.4 Å². The summed E-state index contributed by atoms with van der Waals surface area (Å²) in [5, 5.41) is 10.3. The second-order valence-electron chi connectivity index (χ2n) is 6.51. The second kappa shape index (κ2) is 10.2. The van der Waals surface area contributed by atoms with E-state index in [2.05, 4.69) is 15.6 Å². The van der Waals surface area contributed by atoms with E-state index in [0.717, 1.165) is 0 Å². The van der Waals surface area contributed by atoms with Gasteiger partial charge in [0, 0.05) is 14.1 Å². The van der Waals surface area contributed by atoms with E-state index in [9.17, 15) is 14.4 Å². The highest BCUT2D eigenvalue weighted by molar-refractivity contribution is 5.92. The number of benzene rings is 1. The molecule has 0 spiro atoms. The number of nitrogens with one attached hydrogen (secondary N) is 1. The normalized spacial score (nSPS) is 11.4. The summed E-state index contributed by atoms with van der Waals surface area (Å²) in [5.41, 5.74) is 0.624. The zero-order valence-electron chi connectivity index (χ0n) is 17.5. The lowest BCUT2D eigenvalue weighted by atomic mass is 10.0. The minimum atomic E-state index is -0.710. The summed E-state index contributed by atoms with van der Waals surface area (Å²) < 4.78 is 16.5. The molecule has 1 unspecified atom stereocenters. The van der Waals surface area contributed by atoms with Crippen molar-refractivity contribution in [1.82, 2.24) is 25.2 Å². The Morgan fingerprint density at radius 3 is 2.43 bits per heavy atom. The Bertz CT molecular complexity index is 911. The molecule has 1 N–H and O–H groups in total. The van der Waals surface area contributed by atoms with Crippen molar-refractivity contribution < 1.29 is 28.6 Å². The topological polar surface area (TPSA) is 125 Å². The molecule has 2 rings (SSSR count). The fourth-order valence-electron chi connectivity index (χ4n) is 2.56. The summed E-state index contributed by atoms with van der Waals surface area (Å²) in [4.78, 5) is 37.7. The lowest BCUT2D eigenvalue weighted by Gasteiger charge is -2.19. The Labute approximate surface area is 173 Å². The van der Waals surface area contributed by atoms with Crippen LogP contribution in [0.1, 0.15) is 28.5 Å². The number of carbonyl (C=O) groups excluding carboxylic acids is 3. The van der Waals surface area contributed by atoms with E-state index in [1.807, 2.05) is 0 Å². The Morgan fingerprint density at radius 2 is 1.83 bits per heavy atom. The molecule has 30 heavy (non-hydrogen) atoms. The SMILES string of the molecule is COC(=O)CC(NC(=O)c1cn(CC(=O)N(C)C)nn1)c1ccc(OC)c(OC)c1. The first-order valence-corrected chi connectivity index (χ1v) is 8.98. The van der Waals surface area contributed by atoms with Crippen molar-refractivity contribution in [3.8, 4) is 11.5 Å². The highest BCUT2D eigenvalue weighted by atomic mass is 16.5. The van der Waals surface area contributed by atoms with Gasteiger partial charge in [-0.05, 0) is 17.7 Å². The van der Waals surface area contributed by atoms with Crippen LogP contribution < -0.4 is 14.8 Å². The number of likely N-dealkylation sites (N-methyl/N-ethyl adjacent to an activating group) is 1. The molecule has 0 aliphatic carbocycles. The highest BCUT2D eigenvalue weighted by Gasteiger charge is 2.23. The molecule has 0 saturated carbocycles. The third-order valence-corrected chi connectivity index (χ3v) is 4.28. The average Bonchev–Trinajstić information content (AvgIpc) is 3.20. The monoisotopic (exact) mass is 419 g/mol. The van der Waals surface area contributed by atoms with Gasteiger partial charge in [0.05, 0.1) is 40.0 Å². The minimum Gasteiger partial charge on any atom is -0.493 e. The van der Waals surface area contributed by atoms with Gasteiger partial charge in [-0.2, -0.15) is 0 Å². The molecule has 0 aliphatic rings. The van der Waals surface area contributed by atoms with Gasteiger partial charge in [-0.25, -0.2) is 4.68 Å². The van der Waals surface area contributed by atoms with Crippen LogP contribution in [0, 0.1) is 0 Å². The summed E-state index contributed by atoms with van der Waals surface area (Å²) in [6.07, 6.45) is 1.26. The second-order valence-corrected chi connectivity index (χ2v) is 6.51. The quantitative estimate of drug-likeness (QED) is 0.580. The number of amides is 2. The number of esters is 1. The third kappa shape index (κ3) is 5.69. The number of hydrogen-bond acceptors (Lipinski definition) is 8. The number of carbonyl (C=O) groups is 3. The molecule has 162 valence electrons. The van der Waals surface area contributed by atoms with Crippen molar-refractivity contribution in [1.29, 1.82) is 0 Å². The molecule has 1 atom stereocenters. The van der Waals surface area contributed by atoms with Crippen LogP contribution in [0.25, 0.3) is 0 Å². The van der Waals surface area contributed by atoms with Gasteiger partial charge in [-0.15, -0.1) is 5.10 Å². The number of nitrogens with zero attached hydrogens (tertiary/aromatic N) is 4. The lowest BCUT2D eigenvalue weighted by Crippen LogP contribution is -2.31. The number of rotatable bonds is 9. The molecule has 0 fully saturated rings. The van der Waals surface area contributed by atoms with Crippen molar-refractivity contribution >= 4 is 17.8 Å². The van der Waals surface area contributed by atoms with Crippen LogP contribution >= 0.6 is 0 Å². The molecule has 2 amide bonds. The van der Waals surface area contributed by atoms with Gasteiger partial charge >= 0.3 is 5.97 Å². The van der Waals surface area contributed by atoms with Crippen LogP contribution in [0.2, 0.25) is 0 Å². The molecule has 1 aromatic heterocycles. The Kier molecular flexibility index (Phi) is 7.73. The van der Waals surface area contributed by atoms with E-state index in [0.29, 0.717) is 17.1 Å². The smallest absolute Gasteiger partial charge is 0.307 e. The molecule has 1 heterocycles. The zero-order valence-corrected chi connectivity index (χ0v) is 17.5. The molecular weight excluding hydrogens is 394 g/mol. The van der Waals surface area contributed by atoms with Crippen LogP contribution in [-0.2, 0) is 20.9 Å². The number of ether oxygens (including phenoxy) is 3. The van der Waals surface area contributed by atoms with Gasteiger partial charge in [0.1, 0.15) is 6.54 Å². The molecule has 0 radical (unpaired) electrons. The van der Waals surface area contributed by atoms with Gasteiger partial charge in [0.25, 0.3) is 5.91 Å². The van der Waals surface area contributed by atoms with Crippen molar-refractivity contribution in [2.45, 2.75) is 19.0 Å². The van der Waals surface area contributed by atoms with Crippen LogP contribution in [0.3, 0.4) is 0 Å². The van der Waals surface area contributed by atoms with Crippen LogP contribution in [0.4, 0.5) is 0 Å². The molecule has 1 aromatic carbocycles. The predicted octanol–water partition coefficient (Wildman–Crippen LogP) is 0.418. The van der Waals surface area contributed by atoms with Gasteiger partial charge in [0.2, 0.25) is 5.91 Å². The third-order valence-electron chi connectivity index (χ3n) is 4.28. The summed E-state index contributed by atoms with van der Waals surface area (Å²) >= 11 is 0. The van der Waals surface area contributed by atoms with E-state index in [-0.39, 0.29) is 24.6 Å². The van der Waals surface area contributed by atoms with E-state index in [4.69, 9.17) is 14.2 Å². The summed E-state index contributed by atoms with van der Waals surface area (Å²) in [6.45, 7) is -0.0471. The maximum absolute atomic E-state index is 12.7. The standard InChI is InChI=1S/C19H25N5O6/c1-23(2)17(25)11-24-10-14(21-22-24)19(27)20-13(9-18(26)30-5)12-6-7-15(28-3)16(8-12)29-4/h6-8,10,13H,9,11H2,1-5H3,(H,20,27). The van der Waals surface area contributed by atoms with Gasteiger partial charge in [-0.3, -0.25) is 14.4 Å². The Hall–Kier alpha value is -3.63. The summed E-state index contributed by atoms with van der Waals surface area (Å²) in [6, 6.07) is 4.34. The molecule has 0 saturated heterocycles. The Morgan fingerprint density at radius 1 is 1.13 bits per heavy atom. The zero-order chi connectivity index (χ0) is 22.3. The van der Waals surface area contributed by atoms with E-state index >= 15 is 0 Å². The molecule has 11 nitrogen and oxygen atoms in total. The molecule has 2 aromatic rings. The maximum Gasteiger partial charge on any atom is 0.307 e.